The Kier molecular flexibility index (Phi) is 5.73. The molecule has 1 aromatic rings. The van der Waals surface area contributed by atoms with Gasteiger partial charge < -0.3 is 10.1 Å². The van der Waals surface area contributed by atoms with Crippen LogP contribution in [0.1, 0.15) is 10.5 Å². The molecule has 0 bridgehead atoms. The normalized spacial score (nSPS) is 12.2. The van der Waals surface area contributed by atoms with Crippen molar-refractivity contribution in [3.8, 4) is 0 Å². The molecule has 88 valence electrons. The molecule has 0 aliphatic carbocycles. The fourth-order valence-corrected chi connectivity index (χ4v) is 1.56. The molecule has 0 fully saturated rings. The molecule has 0 aliphatic heterocycles. The number of ether oxygens (including phenoxy) is 1. The van der Waals surface area contributed by atoms with Gasteiger partial charge in [-0.15, -0.1) is 0 Å². The third-order valence-electron chi connectivity index (χ3n) is 1.85. The van der Waals surface area contributed by atoms with E-state index >= 15 is 0 Å². The van der Waals surface area contributed by atoms with Crippen LogP contribution in [0.4, 0.5) is 0 Å². The summed E-state index contributed by atoms with van der Waals surface area (Å²) in [7, 11) is 1.59. The fourth-order valence-electron chi connectivity index (χ4n) is 1.10. The van der Waals surface area contributed by atoms with Crippen molar-refractivity contribution in [3.05, 3.63) is 29.0 Å². The third kappa shape index (κ3) is 4.08. The van der Waals surface area contributed by atoms with Crippen molar-refractivity contribution >= 4 is 33.4 Å². The van der Waals surface area contributed by atoms with Crippen LogP contribution in [0, 0.1) is 0 Å². The second-order valence-electron chi connectivity index (χ2n) is 3.14. The number of nitrogens with zero attached hydrogens (tertiary/aromatic N) is 1. The molecule has 0 aromatic carbocycles. The molecule has 0 saturated heterocycles. The first-order valence-electron chi connectivity index (χ1n) is 4.64. The van der Waals surface area contributed by atoms with Gasteiger partial charge in [0, 0.05) is 18.6 Å². The van der Waals surface area contributed by atoms with E-state index in [1.54, 1.807) is 19.2 Å². The average molecular weight is 308 g/mol. The van der Waals surface area contributed by atoms with Gasteiger partial charge in [0.25, 0.3) is 5.91 Å². The van der Waals surface area contributed by atoms with Crippen LogP contribution in [0.3, 0.4) is 0 Å². The highest BCUT2D eigenvalue weighted by Gasteiger charge is 2.13. The topological polar surface area (TPSA) is 51.2 Å². The molecule has 1 heterocycles. The van der Waals surface area contributed by atoms with Crippen LogP contribution in [-0.2, 0) is 4.74 Å². The average Bonchev–Trinajstić information content (AvgIpc) is 2.29. The maximum atomic E-state index is 11.7. The predicted molar refractivity (Wildman–Crippen MR) is 66.2 cm³/mol. The minimum Gasteiger partial charge on any atom is -0.383 e. The van der Waals surface area contributed by atoms with Crippen molar-refractivity contribution in [2.24, 2.45) is 0 Å². The highest BCUT2D eigenvalue weighted by atomic mass is 79.9. The maximum Gasteiger partial charge on any atom is 0.270 e. The summed E-state index contributed by atoms with van der Waals surface area (Å²) in [6, 6.07) is 3.13. The molecular weight excluding hydrogens is 295 g/mol. The summed E-state index contributed by atoms with van der Waals surface area (Å²) in [5.41, 5.74) is 0.339. The number of alkyl halides is 1. The van der Waals surface area contributed by atoms with Crippen LogP contribution in [0.15, 0.2) is 18.3 Å². The summed E-state index contributed by atoms with van der Waals surface area (Å²) in [5, 5.41) is 3.92. The number of aromatic nitrogens is 1. The first-order valence-corrected chi connectivity index (χ1v) is 6.14. The molecule has 1 aromatic heterocycles. The van der Waals surface area contributed by atoms with E-state index in [4.69, 9.17) is 16.3 Å². The lowest BCUT2D eigenvalue weighted by Crippen LogP contribution is -2.39. The Hall–Kier alpha value is -0.650. The Morgan fingerprint density at radius 3 is 2.94 bits per heavy atom. The summed E-state index contributed by atoms with van der Waals surface area (Å²) >= 11 is 8.97. The third-order valence-corrected chi connectivity index (χ3v) is 2.85. The van der Waals surface area contributed by atoms with Gasteiger partial charge in [0.05, 0.1) is 17.7 Å². The number of amides is 1. The number of hydrogen-bond donors (Lipinski definition) is 1. The number of halogens is 2. The van der Waals surface area contributed by atoms with E-state index in [1.807, 2.05) is 0 Å². The largest absolute Gasteiger partial charge is 0.383 e. The van der Waals surface area contributed by atoms with E-state index in [-0.39, 0.29) is 11.9 Å². The van der Waals surface area contributed by atoms with Gasteiger partial charge in [-0.3, -0.25) is 4.79 Å². The number of carbonyl (C=O) groups excluding carboxylic acids is 1. The van der Waals surface area contributed by atoms with Gasteiger partial charge in [0.15, 0.2) is 0 Å². The Balaban J connectivity index is 2.60. The van der Waals surface area contributed by atoms with E-state index in [9.17, 15) is 4.79 Å². The van der Waals surface area contributed by atoms with Crippen LogP contribution < -0.4 is 5.32 Å². The Morgan fingerprint density at radius 1 is 1.69 bits per heavy atom. The molecule has 1 atom stereocenters. The Labute approximate surface area is 107 Å². The maximum absolute atomic E-state index is 11.7. The van der Waals surface area contributed by atoms with Crippen LogP contribution in [0.25, 0.3) is 0 Å². The van der Waals surface area contributed by atoms with Crippen molar-refractivity contribution in [2.45, 2.75) is 6.04 Å². The van der Waals surface area contributed by atoms with Crippen molar-refractivity contribution in [1.82, 2.24) is 10.3 Å². The molecule has 0 radical (unpaired) electrons. The van der Waals surface area contributed by atoms with E-state index in [1.165, 1.54) is 6.20 Å². The quantitative estimate of drug-likeness (QED) is 0.845. The van der Waals surface area contributed by atoms with Gasteiger partial charge in [0.1, 0.15) is 5.69 Å². The summed E-state index contributed by atoms with van der Waals surface area (Å²) in [6.07, 6.45) is 1.44. The SMILES string of the molecule is COCC(CBr)NC(=O)c1ccc(Cl)cn1. The molecule has 4 nitrogen and oxygen atoms in total. The van der Waals surface area contributed by atoms with Crippen molar-refractivity contribution in [3.63, 3.8) is 0 Å². The zero-order valence-electron chi connectivity index (χ0n) is 8.74. The lowest BCUT2D eigenvalue weighted by atomic mass is 10.3. The number of nitrogens with one attached hydrogen (secondary N) is 1. The lowest BCUT2D eigenvalue weighted by Gasteiger charge is -2.14. The van der Waals surface area contributed by atoms with Gasteiger partial charge in [-0.2, -0.15) is 0 Å². The van der Waals surface area contributed by atoms with E-state index in [0.717, 1.165) is 0 Å². The first kappa shape index (κ1) is 13.4. The lowest BCUT2D eigenvalue weighted by molar-refractivity contribution is 0.0903. The van der Waals surface area contributed by atoms with Gasteiger partial charge in [-0.05, 0) is 12.1 Å². The first-order chi connectivity index (χ1) is 7.67. The van der Waals surface area contributed by atoms with Crippen LogP contribution in [0.2, 0.25) is 5.02 Å². The number of methoxy groups -OCH3 is 1. The van der Waals surface area contributed by atoms with E-state index in [2.05, 4.69) is 26.2 Å². The second kappa shape index (κ2) is 6.83. The van der Waals surface area contributed by atoms with Gasteiger partial charge >= 0.3 is 0 Å². The Bertz CT molecular complexity index is 345. The molecular formula is C10H12BrClN2O2. The van der Waals surface area contributed by atoms with Crippen molar-refractivity contribution < 1.29 is 9.53 Å². The zero-order chi connectivity index (χ0) is 12.0. The van der Waals surface area contributed by atoms with Gasteiger partial charge in [-0.25, -0.2) is 4.98 Å². The van der Waals surface area contributed by atoms with E-state index in [0.29, 0.717) is 22.7 Å². The molecule has 1 amide bonds. The molecule has 0 spiro atoms. The molecule has 6 heteroatoms. The standard InChI is InChI=1S/C10H12BrClN2O2/c1-16-6-8(4-11)14-10(15)9-3-2-7(12)5-13-9/h2-3,5,8H,4,6H2,1H3,(H,14,15). The summed E-state index contributed by atoms with van der Waals surface area (Å²) in [5.74, 6) is -0.238. The van der Waals surface area contributed by atoms with Crippen LogP contribution in [0.5, 0.6) is 0 Å². The number of rotatable bonds is 5. The summed E-state index contributed by atoms with van der Waals surface area (Å²) < 4.78 is 4.96. The minimum absolute atomic E-state index is 0.0741. The molecule has 1 rings (SSSR count). The van der Waals surface area contributed by atoms with Crippen molar-refractivity contribution in [2.75, 3.05) is 19.0 Å². The smallest absolute Gasteiger partial charge is 0.270 e. The van der Waals surface area contributed by atoms with Crippen LogP contribution >= 0.6 is 27.5 Å². The van der Waals surface area contributed by atoms with Crippen LogP contribution in [-0.4, -0.2) is 36.0 Å². The molecule has 1 N–H and O–H groups in total. The minimum atomic E-state index is -0.238. The summed E-state index contributed by atoms with van der Waals surface area (Å²) in [6.45, 7) is 0.449. The number of carbonyl (C=O) groups is 1. The molecule has 16 heavy (non-hydrogen) atoms. The Morgan fingerprint density at radius 2 is 2.44 bits per heavy atom. The highest BCUT2D eigenvalue weighted by Crippen LogP contribution is 2.06. The van der Waals surface area contributed by atoms with Crippen molar-refractivity contribution in [1.29, 1.82) is 0 Å². The van der Waals surface area contributed by atoms with Gasteiger partial charge in [0.2, 0.25) is 0 Å². The van der Waals surface area contributed by atoms with E-state index < -0.39 is 0 Å². The molecule has 0 aliphatic rings. The molecule has 0 saturated carbocycles. The predicted octanol–water partition coefficient (Wildman–Crippen LogP) is 1.87. The zero-order valence-corrected chi connectivity index (χ0v) is 11.1. The van der Waals surface area contributed by atoms with Gasteiger partial charge in [-0.1, -0.05) is 27.5 Å². The molecule has 1 unspecified atom stereocenters. The fraction of sp³-hybridized carbons (Fsp3) is 0.400. The highest BCUT2D eigenvalue weighted by molar-refractivity contribution is 9.09. The second-order valence-corrected chi connectivity index (χ2v) is 4.23. The monoisotopic (exact) mass is 306 g/mol. The number of pyridine rings is 1. The summed E-state index contributed by atoms with van der Waals surface area (Å²) in [4.78, 5) is 15.6. The number of hydrogen-bond acceptors (Lipinski definition) is 3.